The van der Waals surface area contributed by atoms with E-state index in [1.807, 2.05) is 0 Å². The summed E-state index contributed by atoms with van der Waals surface area (Å²) in [4.78, 5) is 21.6. The van der Waals surface area contributed by atoms with Crippen LogP contribution in [-0.4, -0.2) is 17.0 Å². The van der Waals surface area contributed by atoms with Crippen LogP contribution in [0.5, 0.6) is 0 Å². The van der Waals surface area contributed by atoms with E-state index < -0.39 is 5.97 Å². The van der Waals surface area contributed by atoms with Crippen molar-refractivity contribution in [2.75, 3.05) is 0 Å². The Kier molecular flexibility index (Phi) is 2.41. The van der Waals surface area contributed by atoms with Crippen molar-refractivity contribution in [3.8, 4) is 0 Å². The summed E-state index contributed by atoms with van der Waals surface area (Å²) in [6, 6.07) is 6.66. The van der Waals surface area contributed by atoms with Crippen molar-refractivity contribution in [3.63, 3.8) is 0 Å². The van der Waals surface area contributed by atoms with Crippen molar-refractivity contribution in [2.45, 2.75) is 18.9 Å². The fourth-order valence-corrected chi connectivity index (χ4v) is 1.72. The molecule has 1 fully saturated rings. The van der Waals surface area contributed by atoms with E-state index in [4.69, 9.17) is 5.11 Å². The number of hydrogen-bond donors (Lipinski definition) is 2. The highest BCUT2D eigenvalue weighted by molar-refractivity contribution is 5.87. The van der Waals surface area contributed by atoms with E-state index >= 15 is 0 Å². The minimum absolute atomic E-state index is 0.0420. The van der Waals surface area contributed by atoms with Gasteiger partial charge in [0, 0.05) is 6.42 Å². The highest BCUT2D eigenvalue weighted by Crippen LogP contribution is 2.23. The predicted octanol–water partition coefficient (Wildman–Crippen LogP) is 1.34. The molecule has 1 aromatic carbocycles. The van der Waals surface area contributed by atoms with E-state index in [1.165, 1.54) is 0 Å². The third kappa shape index (κ3) is 1.98. The third-order valence-corrected chi connectivity index (χ3v) is 2.56. The van der Waals surface area contributed by atoms with Crippen LogP contribution in [-0.2, 0) is 4.79 Å². The number of carbonyl (C=O) groups is 2. The Hall–Kier alpha value is -1.84. The number of amides is 1. The number of nitrogens with one attached hydrogen (secondary N) is 1. The molecule has 4 nitrogen and oxygen atoms in total. The van der Waals surface area contributed by atoms with Crippen LogP contribution >= 0.6 is 0 Å². The van der Waals surface area contributed by atoms with Gasteiger partial charge in [-0.05, 0) is 24.1 Å². The average molecular weight is 205 g/mol. The van der Waals surface area contributed by atoms with Gasteiger partial charge in [-0.3, -0.25) is 4.79 Å². The number of hydrogen-bond acceptors (Lipinski definition) is 2. The molecule has 15 heavy (non-hydrogen) atoms. The predicted molar refractivity (Wildman–Crippen MR) is 53.5 cm³/mol. The summed E-state index contributed by atoms with van der Waals surface area (Å²) in [5.41, 5.74) is 1.23. The van der Waals surface area contributed by atoms with Gasteiger partial charge in [0.2, 0.25) is 5.91 Å². The van der Waals surface area contributed by atoms with Gasteiger partial charge < -0.3 is 10.4 Å². The van der Waals surface area contributed by atoms with Crippen LogP contribution in [0.1, 0.15) is 34.8 Å². The fourth-order valence-electron chi connectivity index (χ4n) is 1.72. The van der Waals surface area contributed by atoms with Gasteiger partial charge >= 0.3 is 5.97 Å². The number of rotatable bonds is 2. The zero-order valence-electron chi connectivity index (χ0n) is 8.06. The van der Waals surface area contributed by atoms with Crippen molar-refractivity contribution in [2.24, 2.45) is 0 Å². The van der Waals surface area contributed by atoms with Crippen LogP contribution in [0.15, 0.2) is 24.3 Å². The lowest BCUT2D eigenvalue weighted by Crippen LogP contribution is -2.18. The summed E-state index contributed by atoms with van der Waals surface area (Å²) >= 11 is 0. The van der Waals surface area contributed by atoms with Crippen LogP contribution in [0.2, 0.25) is 0 Å². The normalized spacial score (nSPS) is 20.0. The Balaban J connectivity index is 2.17. The molecule has 2 rings (SSSR count). The van der Waals surface area contributed by atoms with Gasteiger partial charge in [0.1, 0.15) is 0 Å². The van der Waals surface area contributed by atoms with Crippen molar-refractivity contribution in [3.05, 3.63) is 35.4 Å². The zero-order valence-corrected chi connectivity index (χ0v) is 8.06. The van der Waals surface area contributed by atoms with Crippen LogP contribution in [0.3, 0.4) is 0 Å². The molecule has 1 aliphatic rings. The Morgan fingerprint density at radius 3 is 2.47 bits per heavy atom. The van der Waals surface area contributed by atoms with E-state index in [0.717, 1.165) is 12.0 Å². The van der Waals surface area contributed by atoms with Gasteiger partial charge in [0.15, 0.2) is 0 Å². The van der Waals surface area contributed by atoms with Crippen LogP contribution in [0.25, 0.3) is 0 Å². The van der Waals surface area contributed by atoms with Gasteiger partial charge in [-0.2, -0.15) is 0 Å². The lowest BCUT2D eigenvalue weighted by atomic mass is 10.0. The molecule has 0 spiro atoms. The van der Waals surface area contributed by atoms with Crippen molar-refractivity contribution >= 4 is 11.9 Å². The van der Waals surface area contributed by atoms with Gasteiger partial charge in [0.05, 0.1) is 11.6 Å². The second kappa shape index (κ2) is 3.73. The van der Waals surface area contributed by atoms with Crippen molar-refractivity contribution in [1.82, 2.24) is 5.32 Å². The van der Waals surface area contributed by atoms with E-state index in [1.54, 1.807) is 24.3 Å². The number of carboxylic acid groups (broad SMARTS) is 1. The first-order valence-corrected chi connectivity index (χ1v) is 4.79. The van der Waals surface area contributed by atoms with Gasteiger partial charge in [-0.15, -0.1) is 0 Å². The molecule has 78 valence electrons. The van der Waals surface area contributed by atoms with Crippen molar-refractivity contribution < 1.29 is 14.7 Å². The summed E-state index contributed by atoms with van der Waals surface area (Å²) in [5, 5.41) is 11.5. The molecule has 1 atom stereocenters. The molecular formula is C11H11NO3. The van der Waals surface area contributed by atoms with Gasteiger partial charge in [-0.25, -0.2) is 4.79 Å². The minimum Gasteiger partial charge on any atom is -0.478 e. The maximum absolute atomic E-state index is 11.0. The Bertz CT molecular complexity index is 397. The molecule has 1 aliphatic heterocycles. The van der Waals surface area contributed by atoms with Crippen LogP contribution in [0.4, 0.5) is 0 Å². The van der Waals surface area contributed by atoms with Crippen LogP contribution < -0.4 is 5.32 Å². The maximum atomic E-state index is 11.0. The second-order valence-corrected chi connectivity index (χ2v) is 3.59. The Labute approximate surface area is 86.9 Å². The first-order valence-electron chi connectivity index (χ1n) is 4.79. The quantitative estimate of drug-likeness (QED) is 0.765. The summed E-state index contributed by atoms with van der Waals surface area (Å²) in [6.45, 7) is 0. The first-order chi connectivity index (χ1) is 7.16. The molecule has 1 unspecified atom stereocenters. The maximum Gasteiger partial charge on any atom is 0.335 e. The first kappa shape index (κ1) is 9.71. The molecule has 1 amide bonds. The molecule has 0 radical (unpaired) electrons. The largest absolute Gasteiger partial charge is 0.478 e. The van der Waals surface area contributed by atoms with E-state index in [-0.39, 0.29) is 17.5 Å². The van der Waals surface area contributed by atoms with E-state index in [9.17, 15) is 9.59 Å². The molecule has 1 saturated heterocycles. The number of carboxylic acids is 1. The summed E-state index contributed by atoms with van der Waals surface area (Å²) < 4.78 is 0. The van der Waals surface area contributed by atoms with E-state index in [0.29, 0.717) is 6.42 Å². The number of aromatic carboxylic acids is 1. The molecule has 4 heteroatoms. The highest BCUT2D eigenvalue weighted by atomic mass is 16.4. The molecule has 1 heterocycles. The summed E-state index contributed by atoms with van der Waals surface area (Å²) in [6.07, 6.45) is 1.33. The topological polar surface area (TPSA) is 66.4 Å². The monoisotopic (exact) mass is 205 g/mol. The molecule has 0 aromatic heterocycles. The van der Waals surface area contributed by atoms with Crippen LogP contribution in [0, 0.1) is 0 Å². The fraction of sp³-hybridized carbons (Fsp3) is 0.273. The lowest BCUT2D eigenvalue weighted by molar-refractivity contribution is -0.119. The van der Waals surface area contributed by atoms with E-state index in [2.05, 4.69) is 5.32 Å². The second-order valence-electron chi connectivity index (χ2n) is 3.59. The molecular weight excluding hydrogens is 194 g/mol. The zero-order chi connectivity index (χ0) is 10.8. The Morgan fingerprint density at radius 1 is 1.33 bits per heavy atom. The van der Waals surface area contributed by atoms with Crippen molar-refractivity contribution in [1.29, 1.82) is 0 Å². The standard InChI is InChI=1S/C11H11NO3/c13-10-6-5-9(12-10)7-1-3-8(4-2-7)11(14)15/h1-4,9H,5-6H2,(H,12,13)(H,14,15). The summed E-state index contributed by atoms with van der Waals surface area (Å²) in [5.74, 6) is -0.876. The number of benzene rings is 1. The average Bonchev–Trinajstić information content (AvgIpc) is 2.65. The lowest BCUT2D eigenvalue weighted by Gasteiger charge is -2.09. The molecule has 2 N–H and O–H groups in total. The minimum atomic E-state index is -0.933. The molecule has 0 aliphatic carbocycles. The van der Waals surface area contributed by atoms with Gasteiger partial charge in [-0.1, -0.05) is 12.1 Å². The SMILES string of the molecule is O=C1CCC(c2ccc(C(=O)O)cc2)N1. The summed E-state index contributed by atoms with van der Waals surface area (Å²) in [7, 11) is 0. The third-order valence-electron chi connectivity index (χ3n) is 2.56. The number of carbonyl (C=O) groups excluding carboxylic acids is 1. The Morgan fingerprint density at radius 2 is 2.00 bits per heavy atom. The highest BCUT2D eigenvalue weighted by Gasteiger charge is 2.22. The molecule has 0 bridgehead atoms. The smallest absolute Gasteiger partial charge is 0.335 e. The molecule has 1 aromatic rings. The molecule has 0 saturated carbocycles. The van der Waals surface area contributed by atoms with Gasteiger partial charge in [0.25, 0.3) is 0 Å².